The first kappa shape index (κ1) is 30.2. The van der Waals surface area contributed by atoms with Crippen LogP contribution in [0.15, 0.2) is 83.4 Å². The number of nitrogens with zero attached hydrogens (tertiary/aromatic N) is 2. The van der Waals surface area contributed by atoms with E-state index in [1.54, 1.807) is 30.6 Å². The number of hydrogen-bond acceptors (Lipinski definition) is 6. The summed E-state index contributed by atoms with van der Waals surface area (Å²) in [6.07, 6.45) is 11.2. The van der Waals surface area contributed by atoms with Crippen molar-refractivity contribution in [2.24, 2.45) is 10.7 Å². The first-order valence-corrected chi connectivity index (χ1v) is 14.6. The second-order valence-electron chi connectivity index (χ2n) is 9.21. The molecule has 1 unspecified atom stereocenters. The van der Waals surface area contributed by atoms with E-state index in [-0.39, 0.29) is 12.3 Å². The monoisotopic (exact) mass is 568 g/mol. The second-order valence-corrected chi connectivity index (χ2v) is 10.9. The number of benzene rings is 2. The van der Waals surface area contributed by atoms with E-state index in [4.69, 9.17) is 22.1 Å². The van der Waals surface area contributed by atoms with Crippen LogP contribution in [-0.4, -0.2) is 36.0 Å². The molecule has 0 aliphatic carbocycles. The first-order valence-electron chi connectivity index (χ1n) is 13.1. The molecule has 0 saturated heterocycles. The zero-order valence-electron chi connectivity index (χ0n) is 22.2. The molecule has 0 bridgehead atoms. The maximum Gasteiger partial charge on any atom is 0.231 e. The fraction of sp³-hybridized carbons (Fsp3) is 0.333. The van der Waals surface area contributed by atoms with Crippen molar-refractivity contribution in [1.29, 1.82) is 0 Å². The maximum atomic E-state index is 13.1. The summed E-state index contributed by atoms with van der Waals surface area (Å²) in [5, 5.41) is 0.709. The number of carbonyl (C=O) groups excluding carboxylic acids is 1. The normalized spacial score (nSPS) is 14.9. The lowest BCUT2D eigenvalue weighted by Gasteiger charge is -2.27. The van der Waals surface area contributed by atoms with Gasteiger partial charge in [-0.3, -0.25) is 14.5 Å². The van der Waals surface area contributed by atoms with Gasteiger partial charge in [0, 0.05) is 42.5 Å². The van der Waals surface area contributed by atoms with Crippen LogP contribution in [0, 0.1) is 0 Å². The van der Waals surface area contributed by atoms with Crippen molar-refractivity contribution in [2.45, 2.75) is 50.0 Å². The third kappa shape index (κ3) is 9.41. The summed E-state index contributed by atoms with van der Waals surface area (Å²) in [4.78, 5) is 19.3. The Balaban J connectivity index is 1.94. The van der Waals surface area contributed by atoms with E-state index >= 15 is 0 Å². The van der Waals surface area contributed by atoms with Crippen molar-refractivity contribution in [3.63, 3.8) is 0 Å². The highest BCUT2D eigenvalue weighted by molar-refractivity contribution is 7.83. The van der Waals surface area contributed by atoms with Crippen LogP contribution in [0.25, 0.3) is 0 Å². The van der Waals surface area contributed by atoms with E-state index < -0.39 is 11.0 Å². The summed E-state index contributed by atoms with van der Waals surface area (Å²) < 4.78 is 22.0. The van der Waals surface area contributed by atoms with Gasteiger partial charge in [0.15, 0.2) is 11.0 Å². The highest BCUT2D eigenvalue weighted by Crippen LogP contribution is 2.33. The standard InChI is InChI=1S/C30H37ClN4O3S/c1-3-5-6-10-30(36)34-39(37)27-13-14-29-28(18-27)35(21-23(19-32)20-33-15-4-2)16-8-7-9-24-17-26(31)12-11-25(24)22-38-29/h3-4,11-14,17-20H,1-2,5-10,15-16,21-22,32H2,(H,34,36). The van der Waals surface area contributed by atoms with Gasteiger partial charge >= 0.3 is 0 Å². The van der Waals surface area contributed by atoms with Gasteiger partial charge in [-0.1, -0.05) is 29.8 Å². The molecule has 1 atom stereocenters. The number of unbranched alkanes of at least 4 members (excludes halogenated alkanes) is 1. The van der Waals surface area contributed by atoms with Gasteiger partial charge in [-0.05, 0) is 73.6 Å². The van der Waals surface area contributed by atoms with Crippen molar-refractivity contribution < 1.29 is 13.7 Å². The molecular weight excluding hydrogens is 532 g/mol. The number of hydrogen-bond donors (Lipinski definition) is 2. The van der Waals surface area contributed by atoms with Crippen LogP contribution in [0.1, 0.15) is 43.2 Å². The third-order valence-electron chi connectivity index (χ3n) is 6.26. The molecule has 1 aliphatic rings. The van der Waals surface area contributed by atoms with Crippen molar-refractivity contribution in [2.75, 3.05) is 24.5 Å². The average Bonchev–Trinajstić information content (AvgIpc) is 2.96. The molecular formula is C30H37ClN4O3S. The van der Waals surface area contributed by atoms with Crippen LogP contribution in [0.5, 0.6) is 5.75 Å². The fourth-order valence-electron chi connectivity index (χ4n) is 4.23. The van der Waals surface area contributed by atoms with E-state index in [2.05, 4.69) is 27.8 Å². The van der Waals surface area contributed by atoms with Crippen molar-refractivity contribution in [3.05, 3.63) is 89.6 Å². The summed E-state index contributed by atoms with van der Waals surface area (Å²) in [5.74, 6) is 0.386. The van der Waals surface area contributed by atoms with Gasteiger partial charge in [0.1, 0.15) is 12.4 Å². The average molecular weight is 569 g/mol. The van der Waals surface area contributed by atoms with Gasteiger partial charge in [0.05, 0.1) is 17.1 Å². The Bertz CT molecular complexity index is 1240. The molecule has 0 radical (unpaired) electrons. The molecule has 0 saturated carbocycles. The van der Waals surface area contributed by atoms with Crippen LogP contribution in [0.3, 0.4) is 0 Å². The topological polar surface area (TPSA) is 97.0 Å². The van der Waals surface area contributed by atoms with E-state index in [1.165, 1.54) is 5.56 Å². The number of aryl methyl sites for hydroxylation is 1. The predicted octanol–water partition coefficient (Wildman–Crippen LogP) is 5.66. The molecule has 0 spiro atoms. The highest BCUT2D eigenvalue weighted by atomic mass is 35.5. The number of carbonyl (C=O) groups is 1. The summed E-state index contributed by atoms with van der Waals surface area (Å²) >= 11 is 6.28. The second kappa shape index (κ2) is 15.9. The molecule has 208 valence electrons. The lowest BCUT2D eigenvalue weighted by Crippen LogP contribution is -2.29. The minimum Gasteiger partial charge on any atom is -0.487 e. The van der Waals surface area contributed by atoms with Crippen LogP contribution in [0.2, 0.25) is 5.02 Å². The number of rotatable bonds is 11. The SMILES string of the molecule is C=CCCCC(=O)NS(=O)c1ccc2c(c1)N(CC(C=NCC=C)=CN)CCCCc1cc(Cl)ccc1CO2. The number of halogens is 1. The quantitative estimate of drug-likeness (QED) is 0.207. The number of nitrogens with two attached hydrogens (primary N) is 1. The molecule has 9 heteroatoms. The molecule has 2 aromatic rings. The highest BCUT2D eigenvalue weighted by Gasteiger charge is 2.19. The number of amides is 1. The number of aliphatic imine (C=N–C) groups is 1. The molecule has 2 aromatic carbocycles. The molecule has 1 amide bonds. The molecule has 7 nitrogen and oxygen atoms in total. The summed E-state index contributed by atoms with van der Waals surface area (Å²) in [6.45, 7) is 9.44. The number of anilines is 1. The van der Waals surface area contributed by atoms with Crippen LogP contribution in [-0.2, 0) is 28.8 Å². The summed E-state index contributed by atoms with van der Waals surface area (Å²) in [6, 6.07) is 11.2. The van der Waals surface area contributed by atoms with Gasteiger partial charge in [-0.15, -0.1) is 13.2 Å². The van der Waals surface area contributed by atoms with E-state index in [0.29, 0.717) is 48.3 Å². The summed E-state index contributed by atoms with van der Waals surface area (Å²) in [5.41, 5.74) is 9.80. The Morgan fingerprint density at radius 3 is 2.79 bits per heavy atom. The molecule has 39 heavy (non-hydrogen) atoms. The smallest absolute Gasteiger partial charge is 0.231 e. The number of allylic oxidation sites excluding steroid dienone is 1. The van der Waals surface area contributed by atoms with Gasteiger partial charge < -0.3 is 15.4 Å². The van der Waals surface area contributed by atoms with E-state index in [9.17, 15) is 9.00 Å². The molecule has 0 fully saturated rings. The molecule has 0 aromatic heterocycles. The summed E-state index contributed by atoms with van der Waals surface area (Å²) in [7, 11) is -1.71. The van der Waals surface area contributed by atoms with E-state index in [1.807, 2.05) is 30.3 Å². The third-order valence-corrected chi connectivity index (χ3v) is 7.59. The minimum absolute atomic E-state index is 0.262. The molecule has 1 heterocycles. The fourth-order valence-corrected chi connectivity index (χ4v) is 5.26. The Morgan fingerprint density at radius 2 is 2.03 bits per heavy atom. The first-order chi connectivity index (χ1) is 18.9. The Labute approximate surface area is 239 Å². The molecule has 3 N–H and O–H groups in total. The zero-order chi connectivity index (χ0) is 28.0. The zero-order valence-corrected chi connectivity index (χ0v) is 23.8. The molecule has 3 rings (SSSR count). The van der Waals surface area contributed by atoms with Gasteiger partial charge in [0.25, 0.3) is 0 Å². The van der Waals surface area contributed by atoms with E-state index in [0.717, 1.165) is 42.5 Å². The van der Waals surface area contributed by atoms with Crippen molar-refractivity contribution in [3.8, 4) is 5.75 Å². The number of fused-ring (bicyclic) bond motifs is 2. The van der Waals surface area contributed by atoms with Crippen LogP contribution in [0.4, 0.5) is 5.69 Å². The maximum absolute atomic E-state index is 13.1. The minimum atomic E-state index is -1.71. The molecule has 1 aliphatic heterocycles. The van der Waals surface area contributed by atoms with Crippen LogP contribution >= 0.6 is 11.6 Å². The lowest BCUT2D eigenvalue weighted by molar-refractivity contribution is -0.119. The van der Waals surface area contributed by atoms with Gasteiger partial charge in [-0.25, -0.2) is 4.21 Å². The number of ether oxygens (including phenoxy) is 1. The predicted molar refractivity (Wildman–Crippen MR) is 162 cm³/mol. The largest absolute Gasteiger partial charge is 0.487 e. The Kier molecular flexibility index (Phi) is 12.3. The van der Waals surface area contributed by atoms with Crippen LogP contribution < -0.4 is 20.1 Å². The van der Waals surface area contributed by atoms with Crippen molar-refractivity contribution >= 4 is 40.4 Å². The lowest BCUT2D eigenvalue weighted by atomic mass is 10.0. The Morgan fingerprint density at radius 1 is 1.18 bits per heavy atom. The van der Waals surface area contributed by atoms with Gasteiger partial charge in [0.2, 0.25) is 5.91 Å². The van der Waals surface area contributed by atoms with Crippen molar-refractivity contribution in [1.82, 2.24) is 4.72 Å². The van der Waals surface area contributed by atoms with Gasteiger partial charge in [-0.2, -0.15) is 0 Å². The Hall–Kier alpha value is -3.36. The number of nitrogens with one attached hydrogen (secondary N) is 1.